The van der Waals surface area contributed by atoms with E-state index in [9.17, 15) is 9.90 Å². The average Bonchev–Trinajstić information content (AvgIpc) is 2.72. The van der Waals surface area contributed by atoms with Gasteiger partial charge in [-0.05, 0) is 12.8 Å². The minimum atomic E-state index is -0.971. The van der Waals surface area contributed by atoms with Crippen LogP contribution in [0.15, 0.2) is 6.20 Å². The number of hydrogen-bond donors (Lipinski definition) is 3. The highest BCUT2D eigenvalue weighted by molar-refractivity contribution is 5.88. The molecule has 1 aromatic rings. The number of hydrogen-bond acceptors (Lipinski definition) is 4. The highest BCUT2D eigenvalue weighted by Gasteiger charge is 2.28. The van der Waals surface area contributed by atoms with Gasteiger partial charge in [-0.1, -0.05) is 19.3 Å². The third kappa shape index (κ3) is 3.33. The number of carboxylic acid groups (broad SMARTS) is 1. The number of aliphatic hydroxyl groups is 1. The van der Waals surface area contributed by atoms with Gasteiger partial charge in [0.15, 0.2) is 0 Å². The van der Waals surface area contributed by atoms with Crippen molar-refractivity contribution in [2.75, 3.05) is 6.54 Å². The van der Waals surface area contributed by atoms with Gasteiger partial charge in [0.2, 0.25) is 0 Å². The number of aromatic carboxylic acids is 1. The first kappa shape index (κ1) is 14.0. The van der Waals surface area contributed by atoms with Crippen LogP contribution in [0.5, 0.6) is 0 Å². The van der Waals surface area contributed by atoms with E-state index in [0.29, 0.717) is 18.8 Å². The maximum atomic E-state index is 11.0. The van der Waals surface area contributed by atoms with Gasteiger partial charge in [0.05, 0.1) is 17.5 Å². The molecule has 0 atom stereocenters. The van der Waals surface area contributed by atoms with E-state index in [1.54, 1.807) is 11.7 Å². The molecule has 1 aliphatic rings. The topological polar surface area (TPSA) is 87.4 Å². The SMILES string of the molecule is Cn1ncc(C(=O)O)c1CNCC1(O)CCCCC1. The largest absolute Gasteiger partial charge is 0.478 e. The second kappa shape index (κ2) is 5.71. The number of nitrogens with one attached hydrogen (secondary N) is 1. The molecule has 0 radical (unpaired) electrons. The van der Waals surface area contributed by atoms with Crippen molar-refractivity contribution in [1.82, 2.24) is 15.1 Å². The summed E-state index contributed by atoms with van der Waals surface area (Å²) in [5.41, 5.74) is 0.206. The zero-order chi connectivity index (χ0) is 13.9. The molecule has 1 fully saturated rings. The molecular formula is C13H21N3O3. The molecule has 1 saturated carbocycles. The van der Waals surface area contributed by atoms with Crippen LogP contribution in [0.1, 0.15) is 48.2 Å². The average molecular weight is 267 g/mol. The summed E-state index contributed by atoms with van der Waals surface area (Å²) < 4.78 is 1.56. The van der Waals surface area contributed by atoms with E-state index >= 15 is 0 Å². The molecule has 1 aliphatic carbocycles. The highest BCUT2D eigenvalue weighted by Crippen LogP contribution is 2.27. The number of nitrogens with zero attached hydrogens (tertiary/aromatic N) is 2. The van der Waals surface area contributed by atoms with E-state index in [0.717, 1.165) is 25.7 Å². The fraction of sp³-hybridized carbons (Fsp3) is 0.692. The molecule has 6 heteroatoms. The minimum Gasteiger partial charge on any atom is -0.478 e. The number of carboxylic acids is 1. The summed E-state index contributed by atoms with van der Waals surface area (Å²) in [6.07, 6.45) is 6.30. The van der Waals surface area contributed by atoms with Crippen molar-refractivity contribution in [2.45, 2.75) is 44.2 Å². The Hall–Kier alpha value is -1.40. The number of aromatic nitrogens is 2. The molecule has 1 heterocycles. The maximum Gasteiger partial charge on any atom is 0.339 e. The van der Waals surface area contributed by atoms with Gasteiger partial charge in [-0.25, -0.2) is 4.79 Å². The molecule has 0 amide bonds. The zero-order valence-electron chi connectivity index (χ0n) is 11.2. The lowest BCUT2D eigenvalue weighted by Crippen LogP contribution is -2.42. The Morgan fingerprint density at radius 1 is 1.47 bits per heavy atom. The fourth-order valence-electron chi connectivity index (χ4n) is 2.65. The molecule has 19 heavy (non-hydrogen) atoms. The van der Waals surface area contributed by atoms with Crippen LogP contribution in [0, 0.1) is 0 Å². The van der Waals surface area contributed by atoms with Crippen molar-refractivity contribution >= 4 is 5.97 Å². The third-order valence-corrected chi connectivity index (χ3v) is 3.82. The Balaban J connectivity index is 1.92. The van der Waals surface area contributed by atoms with Gasteiger partial charge in [0.1, 0.15) is 5.56 Å². The molecule has 3 N–H and O–H groups in total. The van der Waals surface area contributed by atoms with Crippen molar-refractivity contribution in [2.24, 2.45) is 7.05 Å². The van der Waals surface area contributed by atoms with Crippen LogP contribution in [-0.2, 0) is 13.6 Å². The van der Waals surface area contributed by atoms with Crippen LogP contribution in [0.3, 0.4) is 0 Å². The molecule has 0 spiro atoms. The van der Waals surface area contributed by atoms with Crippen LogP contribution in [0.2, 0.25) is 0 Å². The van der Waals surface area contributed by atoms with Crippen LogP contribution in [-0.4, -0.2) is 38.1 Å². The molecule has 0 aromatic carbocycles. The molecule has 0 unspecified atom stereocenters. The Labute approximate surface area is 112 Å². The molecular weight excluding hydrogens is 246 g/mol. The van der Waals surface area contributed by atoms with Crippen LogP contribution in [0.4, 0.5) is 0 Å². The fourth-order valence-corrected chi connectivity index (χ4v) is 2.65. The number of carbonyl (C=O) groups is 1. The predicted octanol–water partition coefficient (Wildman–Crippen LogP) is 0.903. The smallest absolute Gasteiger partial charge is 0.339 e. The lowest BCUT2D eigenvalue weighted by Gasteiger charge is -2.32. The number of aryl methyl sites for hydroxylation is 1. The van der Waals surface area contributed by atoms with E-state index in [4.69, 9.17) is 5.11 Å². The summed E-state index contributed by atoms with van der Waals surface area (Å²) in [5, 5.41) is 26.5. The lowest BCUT2D eigenvalue weighted by atomic mass is 9.85. The number of rotatable bonds is 5. The first-order valence-electron chi connectivity index (χ1n) is 6.69. The van der Waals surface area contributed by atoms with E-state index < -0.39 is 11.6 Å². The quantitative estimate of drug-likeness (QED) is 0.738. The first-order chi connectivity index (χ1) is 9.02. The van der Waals surface area contributed by atoms with Crippen LogP contribution >= 0.6 is 0 Å². The van der Waals surface area contributed by atoms with E-state index in [1.807, 2.05) is 0 Å². The summed E-state index contributed by atoms with van der Waals surface area (Å²) in [5.74, 6) is -0.971. The Morgan fingerprint density at radius 3 is 2.79 bits per heavy atom. The Kier molecular flexibility index (Phi) is 4.21. The van der Waals surface area contributed by atoms with Gasteiger partial charge in [0, 0.05) is 20.1 Å². The molecule has 0 bridgehead atoms. The van der Waals surface area contributed by atoms with Gasteiger partial charge in [0.25, 0.3) is 0 Å². The van der Waals surface area contributed by atoms with Crippen molar-refractivity contribution < 1.29 is 15.0 Å². The molecule has 0 saturated heterocycles. The summed E-state index contributed by atoms with van der Waals surface area (Å²) in [6.45, 7) is 0.900. The van der Waals surface area contributed by atoms with Gasteiger partial charge in [-0.2, -0.15) is 5.10 Å². The monoisotopic (exact) mass is 267 g/mol. The highest BCUT2D eigenvalue weighted by atomic mass is 16.4. The standard InChI is InChI=1S/C13H21N3O3/c1-16-11(10(7-15-16)12(17)18)8-14-9-13(19)5-3-2-4-6-13/h7,14,19H,2-6,8-9H2,1H3,(H,17,18). The van der Waals surface area contributed by atoms with Crippen LogP contribution in [0.25, 0.3) is 0 Å². The third-order valence-electron chi connectivity index (χ3n) is 3.82. The molecule has 106 valence electrons. The second-order valence-corrected chi connectivity index (χ2v) is 5.32. The lowest BCUT2D eigenvalue weighted by molar-refractivity contribution is 0.00455. The second-order valence-electron chi connectivity index (χ2n) is 5.32. The van der Waals surface area contributed by atoms with Crippen LogP contribution < -0.4 is 5.32 Å². The normalized spacial score (nSPS) is 18.4. The molecule has 1 aromatic heterocycles. The van der Waals surface area contributed by atoms with Crippen molar-refractivity contribution in [1.29, 1.82) is 0 Å². The molecule has 2 rings (SSSR count). The predicted molar refractivity (Wildman–Crippen MR) is 69.9 cm³/mol. The Bertz CT molecular complexity index is 450. The van der Waals surface area contributed by atoms with E-state index in [-0.39, 0.29) is 5.56 Å². The molecule has 6 nitrogen and oxygen atoms in total. The van der Waals surface area contributed by atoms with Crippen molar-refractivity contribution in [3.8, 4) is 0 Å². The summed E-state index contributed by atoms with van der Waals surface area (Å²) in [4.78, 5) is 11.0. The zero-order valence-corrected chi connectivity index (χ0v) is 11.2. The van der Waals surface area contributed by atoms with Crippen molar-refractivity contribution in [3.63, 3.8) is 0 Å². The van der Waals surface area contributed by atoms with E-state index in [1.165, 1.54) is 12.6 Å². The van der Waals surface area contributed by atoms with Gasteiger partial charge in [-0.3, -0.25) is 4.68 Å². The maximum absolute atomic E-state index is 11.0. The summed E-state index contributed by atoms with van der Waals surface area (Å²) in [7, 11) is 1.72. The van der Waals surface area contributed by atoms with Crippen molar-refractivity contribution in [3.05, 3.63) is 17.5 Å². The Morgan fingerprint density at radius 2 is 2.16 bits per heavy atom. The minimum absolute atomic E-state index is 0.214. The summed E-state index contributed by atoms with van der Waals surface area (Å²) >= 11 is 0. The first-order valence-corrected chi connectivity index (χ1v) is 6.69. The van der Waals surface area contributed by atoms with Gasteiger partial charge in [-0.15, -0.1) is 0 Å². The van der Waals surface area contributed by atoms with Gasteiger partial charge < -0.3 is 15.5 Å². The summed E-state index contributed by atoms with van der Waals surface area (Å²) in [6, 6.07) is 0. The van der Waals surface area contributed by atoms with E-state index in [2.05, 4.69) is 10.4 Å². The van der Waals surface area contributed by atoms with Gasteiger partial charge >= 0.3 is 5.97 Å². The molecule has 0 aliphatic heterocycles.